The van der Waals surface area contributed by atoms with E-state index < -0.39 is 0 Å². The first kappa shape index (κ1) is 25.1. The Morgan fingerprint density at radius 1 is 1.14 bits per heavy atom. The Bertz CT molecular complexity index is 1430. The van der Waals surface area contributed by atoms with Gasteiger partial charge in [0.2, 0.25) is 5.78 Å². The maximum absolute atomic E-state index is 13.5. The van der Waals surface area contributed by atoms with Crippen LogP contribution in [0.3, 0.4) is 0 Å². The predicted molar refractivity (Wildman–Crippen MR) is 146 cm³/mol. The van der Waals surface area contributed by atoms with Crippen molar-refractivity contribution in [2.24, 2.45) is 5.92 Å². The number of nitriles is 1. The number of thiazole rings is 1. The highest BCUT2D eigenvalue weighted by molar-refractivity contribution is 7.16. The highest BCUT2D eigenvalue weighted by Gasteiger charge is 2.24. The maximum Gasteiger partial charge on any atom is 0.235 e. The number of halogens is 1. The largest absolute Gasteiger partial charge is 0.367 e. The van der Waals surface area contributed by atoms with Crippen LogP contribution in [0.5, 0.6) is 0 Å². The van der Waals surface area contributed by atoms with Crippen molar-refractivity contribution in [2.75, 3.05) is 49.6 Å². The zero-order valence-corrected chi connectivity index (χ0v) is 22.5. The summed E-state index contributed by atoms with van der Waals surface area (Å²) in [6, 6.07) is 8.32. The summed E-state index contributed by atoms with van der Waals surface area (Å²) in [5.74, 6) is 1.86. The van der Waals surface area contributed by atoms with E-state index >= 15 is 0 Å². The van der Waals surface area contributed by atoms with Gasteiger partial charge in [0.1, 0.15) is 28.3 Å². The molecule has 1 aromatic carbocycles. The van der Waals surface area contributed by atoms with E-state index in [1.165, 1.54) is 23.5 Å². The molecule has 0 bridgehead atoms. The zero-order valence-electron chi connectivity index (χ0n) is 21.6. The Hall–Kier alpha value is -3.55. The van der Waals surface area contributed by atoms with Crippen molar-refractivity contribution in [1.82, 2.24) is 24.3 Å². The highest BCUT2D eigenvalue weighted by Crippen LogP contribution is 2.37. The van der Waals surface area contributed by atoms with Crippen LogP contribution in [0, 0.1) is 23.1 Å². The normalized spacial score (nSPS) is 14.5. The molecule has 0 spiro atoms. The number of piperazine rings is 1. The van der Waals surface area contributed by atoms with Crippen LogP contribution < -0.4 is 9.80 Å². The Morgan fingerprint density at radius 3 is 2.51 bits per heavy atom. The Morgan fingerprint density at radius 2 is 1.86 bits per heavy atom. The molecular formula is C27H31FN8S. The third-order valence-electron chi connectivity index (χ3n) is 6.65. The number of fused-ring (bicyclic) bond motifs is 1. The van der Waals surface area contributed by atoms with Crippen molar-refractivity contribution < 1.29 is 4.39 Å². The second-order valence-electron chi connectivity index (χ2n) is 9.75. The second-order valence-corrected chi connectivity index (χ2v) is 10.7. The SMILES string of the molecule is CCc1nc2ncc(N3CCN(CC(C)C)CC3)cn2c1N(C)c1nc(-c2ccc(F)cc2)c(C#N)s1. The average molecular weight is 519 g/mol. The number of nitrogens with zero attached hydrogens (tertiary/aromatic N) is 8. The molecular weight excluding hydrogens is 487 g/mol. The Kier molecular flexibility index (Phi) is 7.09. The third-order valence-corrected chi connectivity index (χ3v) is 7.68. The van der Waals surface area contributed by atoms with Crippen LogP contribution in [0.4, 0.5) is 21.0 Å². The van der Waals surface area contributed by atoms with Crippen LogP contribution in [0.25, 0.3) is 17.0 Å². The third kappa shape index (κ3) is 5.02. The number of rotatable bonds is 7. The molecule has 10 heteroatoms. The van der Waals surface area contributed by atoms with Crippen LogP contribution in [-0.2, 0) is 6.42 Å². The molecule has 0 unspecified atom stereocenters. The quantitative estimate of drug-likeness (QED) is 0.342. The number of hydrogen-bond acceptors (Lipinski definition) is 8. The summed E-state index contributed by atoms with van der Waals surface area (Å²) < 4.78 is 15.5. The summed E-state index contributed by atoms with van der Waals surface area (Å²) in [5, 5.41) is 10.4. The lowest BCUT2D eigenvalue weighted by Gasteiger charge is -2.36. The summed E-state index contributed by atoms with van der Waals surface area (Å²) in [6.07, 6.45) is 4.75. The van der Waals surface area contributed by atoms with E-state index in [-0.39, 0.29) is 5.82 Å². The van der Waals surface area contributed by atoms with Crippen LogP contribution in [0.2, 0.25) is 0 Å². The van der Waals surface area contributed by atoms with E-state index in [1.54, 1.807) is 12.1 Å². The topological polar surface area (TPSA) is 76.6 Å². The first-order valence-corrected chi connectivity index (χ1v) is 13.4. The summed E-state index contributed by atoms with van der Waals surface area (Å²) in [5.41, 5.74) is 3.24. The molecule has 4 heterocycles. The number of imidazole rings is 1. The number of benzene rings is 1. The minimum atomic E-state index is -0.321. The predicted octanol–water partition coefficient (Wildman–Crippen LogP) is 4.97. The van der Waals surface area contributed by atoms with Crippen molar-refractivity contribution in [3.63, 3.8) is 0 Å². The first-order chi connectivity index (χ1) is 17.9. The molecule has 1 aliphatic heterocycles. The van der Waals surface area contributed by atoms with E-state index in [0.29, 0.717) is 33.0 Å². The van der Waals surface area contributed by atoms with E-state index in [4.69, 9.17) is 9.97 Å². The molecule has 0 amide bonds. The molecule has 0 N–H and O–H groups in total. The van der Waals surface area contributed by atoms with Crippen LogP contribution in [-0.4, -0.2) is 64.0 Å². The lowest BCUT2D eigenvalue weighted by atomic mass is 10.1. The van der Waals surface area contributed by atoms with Gasteiger partial charge in [0.25, 0.3) is 0 Å². The number of anilines is 3. The monoisotopic (exact) mass is 518 g/mol. The van der Waals surface area contributed by atoms with Gasteiger partial charge in [-0.15, -0.1) is 0 Å². The van der Waals surface area contributed by atoms with Gasteiger partial charge < -0.3 is 9.80 Å². The minimum Gasteiger partial charge on any atom is -0.367 e. The number of hydrogen-bond donors (Lipinski definition) is 0. The van der Waals surface area contributed by atoms with Gasteiger partial charge in [-0.25, -0.2) is 19.3 Å². The molecule has 1 fully saturated rings. The van der Waals surface area contributed by atoms with E-state index in [2.05, 4.69) is 47.8 Å². The molecule has 0 radical (unpaired) electrons. The first-order valence-electron chi connectivity index (χ1n) is 12.6. The fourth-order valence-electron chi connectivity index (χ4n) is 4.84. The molecule has 1 saturated heterocycles. The Labute approximate surface area is 220 Å². The van der Waals surface area contributed by atoms with Gasteiger partial charge in [-0.1, -0.05) is 32.1 Å². The van der Waals surface area contributed by atoms with Crippen LogP contribution >= 0.6 is 11.3 Å². The minimum absolute atomic E-state index is 0.321. The maximum atomic E-state index is 13.5. The molecule has 0 saturated carbocycles. The van der Waals surface area contributed by atoms with Crippen molar-refractivity contribution in [1.29, 1.82) is 5.26 Å². The van der Waals surface area contributed by atoms with Crippen molar-refractivity contribution in [3.05, 3.63) is 53.0 Å². The van der Waals surface area contributed by atoms with Crippen LogP contribution in [0.15, 0.2) is 36.7 Å². The summed E-state index contributed by atoms with van der Waals surface area (Å²) in [6.45, 7) is 11.7. The zero-order chi connectivity index (χ0) is 26.1. The van der Waals surface area contributed by atoms with Gasteiger partial charge in [0.05, 0.1) is 17.6 Å². The van der Waals surface area contributed by atoms with Crippen LogP contribution in [0.1, 0.15) is 31.3 Å². The van der Waals surface area contributed by atoms with E-state index in [1.807, 2.05) is 22.5 Å². The van der Waals surface area contributed by atoms with Gasteiger partial charge in [0.15, 0.2) is 5.13 Å². The van der Waals surface area contributed by atoms with Gasteiger partial charge in [0, 0.05) is 51.5 Å². The molecule has 0 atom stereocenters. The molecule has 4 aromatic rings. The fourth-order valence-corrected chi connectivity index (χ4v) is 5.69. The highest BCUT2D eigenvalue weighted by atomic mass is 32.1. The summed E-state index contributed by atoms with van der Waals surface area (Å²) in [7, 11) is 1.94. The molecule has 1 aliphatic rings. The molecule has 37 heavy (non-hydrogen) atoms. The van der Waals surface area contributed by atoms with Gasteiger partial charge >= 0.3 is 0 Å². The van der Waals surface area contributed by atoms with Crippen molar-refractivity contribution in [3.8, 4) is 17.3 Å². The number of aryl methyl sites for hydroxylation is 1. The lowest BCUT2D eigenvalue weighted by Crippen LogP contribution is -2.47. The van der Waals surface area contributed by atoms with Gasteiger partial charge in [-0.2, -0.15) is 5.26 Å². The van der Waals surface area contributed by atoms with Gasteiger partial charge in [-0.3, -0.25) is 9.30 Å². The van der Waals surface area contributed by atoms with Gasteiger partial charge in [-0.05, 0) is 36.6 Å². The smallest absolute Gasteiger partial charge is 0.235 e. The Balaban J connectivity index is 1.48. The van der Waals surface area contributed by atoms with Crippen molar-refractivity contribution >= 4 is 33.8 Å². The summed E-state index contributed by atoms with van der Waals surface area (Å²) >= 11 is 1.31. The summed E-state index contributed by atoms with van der Waals surface area (Å²) in [4.78, 5) is 21.6. The second kappa shape index (κ2) is 10.4. The molecule has 3 aromatic heterocycles. The lowest BCUT2D eigenvalue weighted by molar-refractivity contribution is 0.231. The molecule has 192 valence electrons. The van der Waals surface area contributed by atoms with Crippen molar-refractivity contribution in [2.45, 2.75) is 27.2 Å². The van der Waals surface area contributed by atoms with E-state index in [9.17, 15) is 9.65 Å². The standard InChI is InChI=1S/C27H31FN8S/c1-5-22-25(33(4)27-32-24(23(14-29)37-27)19-6-8-20(28)9-7-19)36-17-21(15-30-26(36)31-22)35-12-10-34(11-13-35)16-18(2)3/h6-9,15,17-18H,5,10-13,16H2,1-4H3. The average Bonchev–Trinajstić information content (AvgIpc) is 3.50. The van der Waals surface area contributed by atoms with E-state index in [0.717, 1.165) is 56.3 Å². The number of aromatic nitrogens is 4. The molecule has 5 rings (SSSR count). The fraction of sp³-hybridized carbons (Fsp3) is 0.407. The molecule has 8 nitrogen and oxygen atoms in total. The molecule has 0 aliphatic carbocycles.